The quantitative estimate of drug-likeness (QED) is 0.484. The van der Waals surface area contributed by atoms with Crippen LogP contribution in [0.25, 0.3) is 0 Å². The third-order valence-corrected chi connectivity index (χ3v) is 7.84. The number of rotatable bonds is 8. The maximum atomic E-state index is 12.4. The highest BCUT2D eigenvalue weighted by atomic mass is 16.4. The molecule has 0 bridgehead atoms. The molecule has 8 nitrogen and oxygen atoms in total. The lowest BCUT2D eigenvalue weighted by Crippen LogP contribution is -2.59. The highest BCUT2D eigenvalue weighted by Gasteiger charge is 2.67. The minimum Gasteiger partial charge on any atom is -0.481 e. The van der Waals surface area contributed by atoms with Gasteiger partial charge in [-0.3, -0.25) is 19.2 Å². The van der Waals surface area contributed by atoms with E-state index in [9.17, 15) is 39.6 Å². The first-order chi connectivity index (χ1) is 12.9. The lowest BCUT2D eigenvalue weighted by atomic mass is 9.47. The molecule has 0 aromatic carbocycles. The van der Waals surface area contributed by atoms with E-state index in [-0.39, 0.29) is 51.4 Å². The zero-order valence-electron chi connectivity index (χ0n) is 17.1. The molecule has 0 aromatic rings. The van der Waals surface area contributed by atoms with Crippen molar-refractivity contribution < 1.29 is 39.6 Å². The predicted molar refractivity (Wildman–Crippen MR) is 99.9 cm³/mol. The highest BCUT2D eigenvalue weighted by Crippen LogP contribution is 2.62. The molecule has 1 fully saturated rings. The molecular weight excluding hydrogens is 368 g/mol. The minimum absolute atomic E-state index is 0.0219. The molecule has 0 amide bonds. The van der Waals surface area contributed by atoms with Gasteiger partial charge >= 0.3 is 23.9 Å². The topological polar surface area (TPSA) is 149 Å². The van der Waals surface area contributed by atoms with Crippen molar-refractivity contribution in [2.24, 2.45) is 21.7 Å². The van der Waals surface area contributed by atoms with Crippen molar-refractivity contribution in [3.05, 3.63) is 0 Å². The Bertz CT molecular complexity index is 547. The molecule has 0 radical (unpaired) electrons. The largest absolute Gasteiger partial charge is 0.481 e. The van der Waals surface area contributed by atoms with E-state index in [0.717, 1.165) is 0 Å². The Balaban J connectivity index is 3.87. The van der Waals surface area contributed by atoms with E-state index in [1.807, 2.05) is 0 Å². The van der Waals surface area contributed by atoms with Crippen molar-refractivity contribution in [3.63, 3.8) is 0 Å². The fourth-order valence-corrected chi connectivity index (χ4v) is 5.72. The summed E-state index contributed by atoms with van der Waals surface area (Å²) in [5.74, 6) is -5.08. The van der Waals surface area contributed by atoms with Crippen LogP contribution < -0.4 is 0 Å². The number of carboxylic acids is 4. The molecule has 4 atom stereocenters. The van der Waals surface area contributed by atoms with Gasteiger partial charge in [-0.1, -0.05) is 27.7 Å². The number of carbonyl (C=O) groups is 4. The van der Waals surface area contributed by atoms with Crippen LogP contribution in [-0.2, 0) is 19.2 Å². The second-order valence-corrected chi connectivity index (χ2v) is 7.96. The molecular formula is C20H32O8. The first-order valence-corrected chi connectivity index (χ1v) is 9.87. The second kappa shape index (κ2) is 8.09. The van der Waals surface area contributed by atoms with Gasteiger partial charge in [0.25, 0.3) is 0 Å². The van der Waals surface area contributed by atoms with E-state index < -0.39 is 45.5 Å². The van der Waals surface area contributed by atoms with Gasteiger partial charge < -0.3 is 20.4 Å². The standard InChI is InChI=1S/C20H32O8/c1-5-17(13(21)22)9-10-19(7-3,15(25)26)20(8-4,16(27)28)12-11-18(17,6-2)14(23)24/h5-12H2,1-4H3,(H,21,22)(H,23,24)(H,25,26)(H,27,28). The van der Waals surface area contributed by atoms with Crippen LogP contribution in [0.2, 0.25) is 0 Å². The van der Waals surface area contributed by atoms with Crippen molar-refractivity contribution in [1.29, 1.82) is 0 Å². The van der Waals surface area contributed by atoms with E-state index in [1.54, 1.807) is 27.7 Å². The van der Waals surface area contributed by atoms with E-state index in [2.05, 4.69) is 0 Å². The lowest BCUT2D eigenvalue weighted by molar-refractivity contribution is -0.194. The Labute approximate surface area is 164 Å². The smallest absolute Gasteiger partial charge is 0.310 e. The van der Waals surface area contributed by atoms with Crippen LogP contribution in [-0.4, -0.2) is 44.3 Å². The molecule has 1 saturated carbocycles. The summed E-state index contributed by atoms with van der Waals surface area (Å²) in [5.41, 5.74) is -6.66. The Morgan fingerprint density at radius 2 is 0.643 bits per heavy atom. The molecule has 1 rings (SSSR count). The summed E-state index contributed by atoms with van der Waals surface area (Å²) in [6, 6.07) is 0. The van der Waals surface area contributed by atoms with E-state index >= 15 is 0 Å². The van der Waals surface area contributed by atoms with Gasteiger partial charge in [-0.05, 0) is 51.4 Å². The predicted octanol–water partition coefficient (Wildman–Crippen LogP) is 3.48. The summed E-state index contributed by atoms with van der Waals surface area (Å²) in [7, 11) is 0. The average Bonchev–Trinajstić information content (AvgIpc) is 2.62. The van der Waals surface area contributed by atoms with Gasteiger partial charge in [0, 0.05) is 0 Å². The Hall–Kier alpha value is -2.12. The highest BCUT2D eigenvalue weighted by molar-refractivity contribution is 5.89. The van der Waals surface area contributed by atoms with Crippen molar-refractivity contribution in [2.75, 3.05) is 0 Å². The molecule has 28 heavy (non-hydrogen) atoms. The molecule has 4 unspecified atom stereocenters. The lowest BCUT2D eigenvalue weighted by Gasteiger charge is -2.53. The fraction of sp³-hybridized carbons (Fsp3) is 0.800. The molecule has 1 aliphatic rings. The zero-order chi connectivity index (χ0) is 22.0. The van der Waals surface area contributed by atoms with Crippen LogP contribution in [0.5, 0.6) is 0 Å². The fourth-order valence-electron chi connectivity index (χ4n) is 5.72. The maximum Gasteiger partial charge on any atom is 0.310 e. The number of aliphatic carboxylic acids is 4. The molecule has 160 valence electrons. The number of carboxylic acid groups (broad SMARTS) is 4. The summed E-state index contributed by atoms with van der Waals surface area (Å²) >= 11 is 0. The zero-order valence-corrected chi connectivity index (χ0v) is 17.1. The average molecular weight is 400 g/mol. The van der Waals surface area contributed by atoms with Gasteiger partial charge in [0.2, 0.25) is 0 Å². The normalized spacial score (nSPS) is 36.1. The summed E-state index contributed by atoms with van der Waals surface area (Å²) in [6.45, 7) is 6.40. The third kappa shape index (κ3) is 2.88. The molecule has 1 aliphatic carbocycles. The molecule has 0 saturated heterocycles. The van der Waals surface area contributed by atoms with Crippen molar-refractivity contribution >= 4 is 23.9 Å². The van der Waals surface area contributed by atoms with Gasteiger partial charge in [-0.2, -0.15) is 0 Å². The Kier molecular flexibility index (Phi) is 6.91. The first-order valence-electron chi connectivity index (χ1n) is 9.87. The number of hydrogen-bond acceptors (Lipinski definition) is 4. The van der Waals surface area contributed by atoms with Crippen LogP contribution in [0.15, 0.2) is 0 Å². The maximum absolute atomic E-state index is 12.4. The third-order valence-electron chi connectivity index (χ3n) is 7.84. The summed E-state index contributed by atoms with van der Waals surface area (Å²) in [4.78, 5) is 49.4. The molecule has 8 heteroatoms. The summed E-state index contributed by atoms with van der Waals surface area (Å²) in [6.07, 6.45) is -0.713. The van der Waals surface area contributed by atoms with Crippen LogP contribution in [0.1, 0.15) is 79.1 Å². The monoisotopic (exact) mass is 400 g/mol. The van der Waals surface area contributed by atoms with Crippen LogP contribution in [0.3, 0.4) is 0 Å². The van der Waals surface area contributed by atoms with Crippen molar-refractivity contribution in [3.8, 4) is 0 Å². The summed E-state index contributed by atoms with van der Waals surface area (Å²) < 4.78 is 0. The molecule has 0 spiro atoms. The SMILES string of the molecule is CCC1(C(=O)O)CCC(CC)(C(=O)O)C(CC)(C(=O)O)CCC1(CC)C(=O)O. The van der Waals surface area contributed by atoms with Crippen LogP contribution in [0, 0.1) is 21.7 Å². The van der Waals surface area contributed by atoms with Crippen molar-refractivity contribution in [2.45, 2.75) is 79.1 Å². The van der Waals surface area contributed by atoms with Crippen LogP contribution >= 0.6 is 0 Å². The molecule has 4 N–H and O–H groups in total. The first kappa shape index (κ1) is 23.9. The minimum atomic E-state index is -1.66. The Morgan fingerprint density at radius 3 is 0.714 bits per heavy atom. The van der Waals surface area contributed by atoms with E-state index in [0.29, 0.717) is 0 Å². The van der Waals surface area contributed by atoms with E-state index in [4.69, 9.17) is 0 Å². The van der Waals surface area contributed by atoms with Crippen molar-refractivity contribution in [1.82, 2.24) is 0 Å². The van der Waals surface area contributed by atoms with Gasteiger partial charge in [-0.25, -0.2) is 0 Å². The van der Waals surface area contributed by atoms with Crippen LogP contribution in [0.4, 0.5) is 0 Å². The summed E-state index contributed by atoms with van der Waals surface area (Å²) in [5, 5.41) is 40.3. The van der Waals surface area contributed by atoms with Gasteiger partial charge in [-0.15, -0.1) is 0 Å². The molecule has 0 aromatic heterocycles. The van der Waals surface area contributed by atoms with Gasteiger partial charge in [0.1, 0.15) is 0 Å². The van der Waals surface area contributed by atoms with Gasteiger partial charge in [0.15, 0.2) is 0 Å². The number of hydrogen-bond donors (Lipinski definition) is 4. The Morgan fingerprint density at radius 1 is 0.500 bits per heavy atom. The van der Waals surface area contributed by atoms with Gasteiger partial charge in [0.05, 0.1) is 21.7 Å². The second-order valence-electron chi connectivity index (χ2n) is 7.96. The molecule has 0 aliphatic heterocycles. The molecule has 0 heterocycles. The van der Waals surface area contributed by atoms with E-state index in [1.165, 1.54) is 0 Å².